The molecule has 0 saturated carbocycles. The van der Waals surface area contributed by atoms with Crippen molar-refractivity contribution in [3.8, 4) is 5.75 Å². The molecule has 1 heterocycles. The molecule has 0 aliphatic carbocycles. The number of hydrogen-bond donors (Lipinski definition) is 1. The molecule has 0 atom stereocenters. The van der Waals surface area contributed by atoms with Crippen molar-refractivity contribution in [1.82, 2.24) is 4.57 Å². The van der Waals surface area contributed by atoms with Gasteiger partial charge in [-0.2, -0.15) is 0 Å². The molecule has 0 aliphatic rings. The second-order valence-electron chi connectivity index (χ2n) is 4.94. The Bertz CT molecular complexity index is 762. The van der Waals surface area contributed by atoms with Gasteiger partial charge in [0.1, 0.15) is 12.4 Å². The Hall–Kier alpha value is -2.13. The molecule has 1 aromatic heterocycles. The number of ether oxygens (including phenoxy) is 1. The van der Waals surface area contributed by atoms with Crippen molar-refractivity contribution in [2.24, 2.45) is 0 Å². The van der Waals surface area contributed by atoms with Gasteiger partial charge in [-0.15, -0.1) is 0 Å². The molecule has 0 bridgehead atoms. The van der Waals surface area contributed by atoms with Gasteiger partial charge in [0.05, 0.1) is 11.2 Å². The number of hydrogen-bond acceptors (Lipinski definition) is 2. The fourth-order valence-corrected chi connectivity index (χ4v) is 2.64. The molecule has 0 amide bonds. The Labute approximate surface area is 128 Å². The van der Waals surface area contributed by atoms with Crippen molar-refractivity contribution in [2.75, 3.05) is 5.73 Å². The van der Waals surface area contributed by atoms with E-state index in [9.17, 15) is 0 Å². The molecular formula is C17H17ClN2O. The average Bonchev–Trinajstić information content (AvgIpc) is 2.83. The Morgan fingerprint density at radius 3 is 2.57 bits per heavy atom. The van der Waals surface area contributed by atoms with Gasteiger partial charge in [-0.05, 0) is 49.4 Å². The van der Waals surface area contributed by atoms with Gasteiger partial charge in [-0.25, -0.2) is 0 Å². The first-order valence-corrected chi connectivity index (χ1v) is 7.31. The summed E-state index contributed by atoms with van der Waals surface area (Å²) in [4.78, 5) is 0. The highest BCUT2D eigenvalue weighted by Crippen LogP contribution is 2.24. The molecule has 0 unspecified atom stereocenters. The van der Waals surface area contributed by atoms with E-state index in [1.807, 2.05) is 42.5 Å². The number of nitrogen functional groups attached to an aromatic ring is 1. The van der Waals surface area contributed by atoms with Gasteiger partial charge in [0, 0.05) is 22.6 Å². The van der Waals surface area contributed by atoms with E-state index in [1.54, 1.807) is 0 Å². The zero-order chi connectivity index (χ0) is 14.8. The van der Waals surface area contributed by atoms with Crippen molar-refractivity contribution in [1.29, 1.82) is 0 Å². The molecule has 2 N–H and O–H groups in total. The summed E-state index contributed by atoms with van der Waals surface area (Å²) in [6.45, 7) is 3.52. The monoisotopic (exact) mass is 300 g/mol. The quantitative estimate of drug-likeness (QED) is 0.722. The van der Waals surface area contributed by atoms with E-state index in [1.165, 1.54) is 5.39 Å². The number of aromatic nitrogens is 1. The van der Waals surface area contributed by atoms with Gasteiger partial charge in [-0.1, -0.05) is 17.7 Å². The lowest BCUT2D eigenvalue weighted by Gasteiger charge is -2.10. The van der Waals surface area contributed by atoms with Gasteiger partial charge in [0.25, 0.3) is 0 Å². The van der Waals surface area contributed by atoms with Crippen LogP contribution in [0, 0.1) is 0 Å². The maximum atomic E-state index is 5.88. The topological polar surface area (TPSA) is 40.2 Å². The van der Waals surface area contributed by atoms with E-state index < -0.39 is 0 Å². The summed E-state index contributed by atoms with van der Waals surface area (Å²) in [5.74, 6) is 0.812. The molecule has 0 aliphatic heterocycles. The van der Waals surface area contributed by atoms with Crippen molar-refractivity contribution >= 4 is 28.2 Å². The summed E-state index contributed by atoms with van der Waals surface area (Å²) in [6, 6.07) is 15.5. The molecule has 0 saturated heterocycles. The van der Waals surface area contributed by atoms with E-state index in [0.29, 0.717) is 11.6 Å². The number of nitrogens with two attached hydrogens (primary N) is 1. The zero-order valence-electron chi connectivity index (χ0n) is 11.8. The summed E-state index contributed by atoms with van der Waals surface area (Å²) in [7, 11) is 0. The van der Waals surface area contributed by atoms with Crippen molar-refractivity contribution in [3.63, 3.8) is 0 Å². The van der Waals surface area contributed by atoms with E-state index in [0.717, 1.165) is 29.2 Å². The normalized spacial score (nSPS) is 11.0. The number of rotatable bonds is 4. The second kappa shape index (κ2) is 5.70. The van der Waals surface area contributed by atoms with Crippen LogP contribution in [0.3, 0.4) is 0 Å². The fourth-order valence-electron chi connectivity index (χ4n) is 2.51. The first-order valence-electron chi connectivity index (χ1n) is 6.93. The molecule has 21 heavy (non-hydrogen) atoms. The lowest BCUT2D eigenvalue weighted by atomic mass is 10.2. The largest absolute Gasteiger partial charge is 0.487 e. The molecule has 4 heteroatoms. The van der Waals surface area contributed by atoms with Gasteiger partial charge < -0.3 is 15.0 Å². The van der Waals surface area contributed by atoms with Gasteiger partial charge in [-0.3, -0.25) is 0 Å². The van der Waals surface area contributed by atoms with Crippen LogP contribution in [0.15, 0.2) is 48.5 Å². The smallest absolute Gasteiger partial charge is 0.128 e. The number of fused-ring (bicyclic) bond motifs is 1. The highest BCUT2D eigenvalue weighted by molar-refractivity contribution is 6.30. The van der Waals surface area contributed by atoms with Crippen molar-refractivity contribution < 1.29 is 4.74 Å². The average molecular weight is 301 g/mol. The molecule has 2 aromatic carbocycles. The van der Waals surface area contributed by atoms with E-state index in [4.69, 9.17) is 22.1 Å². The standard InChI is InChI=1S/C17H17ClN2O/c1-2-20-15(9-12-3-6-14(19)10-17(12)20)11-21-16-7-4-13(18)5-8-16/h3-10H,2,11,19H2,1H3. The highest BCUT2D eigenvalue weighted by Gasteiger charge is 2.08. The van der Waals surface area contributed by atoms with Crippen LogP contribution in [0.5, 0.6) is 5.75 Å². The summed E-state index contributed by atoms with van der Waals surface area (Å²) in [6.07, 6.45) is 0. The minimum Gasteiger partial charge on any atom is -0.487 e. The van der Waals surface area contributed by atoms with E-state index in [-0.39, 0.29) is 0 Å². The predicted octanol–water partition coefficient (Wildman–Crippen LogP) is 4.48. The fraction of sp³-hybridized carbons (Fsp3) is 0.176. The van der Waals surface area contributed by atoms with Gasteiger partial charge >= 0.3 is 0 Å². The maximum absolute atomic E-state index is 5.88. The Kier molecular flexibility index (Phi) is 3.76. The first kappa shape index (κ1) is 13.8. The minimum absolute atomic E-state index is 0.518. The van der Waals surface area contributed by atoms with Crippen LogP contribution in [0.1, 0.15) is 12.6 Å². The third kappa shape index (κ3) is 2.83. The third-order valence-corrected chi connectivity index (χ3v) is 3.78. The van der Waals surface area contributed by atoms with Crippen LogP contribution >= 0.6 is 11.6 Å². The van der Waals surface area contributed by atoms with Crippen LogP contribution < -0.4 is 10.5 Å². The summed E-state index contributed by atoms with van der Waals surface area (Å²) >= 11 is 5.87. The van der Waals surface area contributed by atoms with Crippen LogP contribution in [-0.2, 0) is 13.2 Å². The maximum Gasteiger partial charge on any atom is 0.128 e. The molecule has 0 radical (unpaired) electrons. The van der Waals surface area contributed by atoms with Crippen molar-refractivity contribution in [2.45, 2.75) is 20.1 Å². The van der Waals surface area contributed by atoms with Gasteiger partial charge in [0.15, 0.2) is 0 Å². The van der Waals surface area contributed by atoms with Crippen LogP contribution in [0.25, 0.3) is 10.9 Å². The SMILES string of the molecule is CCn1c(COc2ccc(Cl)cc2)cc2ccc(N)cc21. The van der Waals surface area contributed by atoms with Crippen LogP contribution in [-0.4, -0.2) is 4.57 Å². The molecule has 3 rings (SSSR count). The Morgan fingerprint density at radius 2 is 1.86 bits per heavy atom. The number of aryl methyl sites for hydroxylation is 1. The third-order valence-electron chi connectivity index (χ3n) is 3.53. The summed E-state index contributed by atoms with van der Waals surface area (Å²) in [5.41, 5.74) is 8.94. The molecular weight excluding hydrogens is 284 g/mol. The Morgan fingerprint density at radius 1 is 1.10 bits per heavy atom. The molecule has 0 spiro atoms. The first-order chi connectivity index (χ1) is 10.2. The van der Waals surface area contributed by atoms with Crippen molar-refractivity contribution in [3.05, 3.63) is 59.2 Å². The van der Waals surface area contributed by atoms with Gasteiger partial charge in [0.2, 0.25) is 0 Å². The number of benzene rings is 2. The van der Waals surface area contributed by atoms with E-state index in [2.05, 4.69) is 17.6 Å². The number of halogens is 1. The number of nitrogens with zero attached hydrogens (tertiary/aromatic N) is 1. The molecule has 3 nitrogen and oxygen atoms in total. The summed E-state index contributed by atoms with van der Waals surface area (Å²) in [5, 5.41) is 1.89. The van der Waals surface area contributed by atoms with Crippen LogP contribution in [0.2, 0.25) is 5.02 Å². The molecule has 108 valence electrons. The lowest BCUT2D eigenvalue weighted by Crippen LogP contribution is -2.04. The predicted molar refractivity (Wildman–Crippen MR) is 87.8 cm³/mol. The Balaban J connectivity index is 1.88. The zero-order valence-corrected chi connectivity index (χ0v) is 12.6. The number of anilines is 1. The molecule has 0 fully saturated rings. The lowest BCUT2D eigenvalue weighted by molar-refractivity contribution is 0.296. The summed E-state index contributed by atoms with van der Waals surface area (Å²) < 4.78 is 8.06. The van der Waals surface area contributed by atoms with E-state index >= 15 is 0 Å². The highest BCUT2D eigenvalue weighted by atomic mass is 35.5. The minimum atomic E-state index is 0.518. The second-order valence-corrected chi connectivity index (χ2v) is 5.38. The molecule has 3 aromatic rings. The van der Waals surface area contributed by atoms with Crippen LogP contribution in [0.4, 0.5) is 5.69 Å².